The molecule has 4 heteroatoms. The molecule has 0 unspecified atom stereocenters. The quantitative estimate of drug-likeness (QED) is 0.765. The summed E-state index contributed by atoms with van der Waals surface area (Å²) in [6, 6.07) is 6.24. The van der Waals surface area contributed by atoms with Crippen molar-refractivity contribution in [1.29, 1.82) is 0 Å². The molecule has 0 bridgehead atoms. The molecule has 0 aliphatic carbocycles. The second kappa shape index (κ2) is 3.38. The molecule has 4 nitrogen and oxygen atoms in total. The molecule has 0 aliphatic heterocycles. The molecule has 0 radical (unpaired) electrons. The summed E-state index contributed by atoms with van der Waals surface area (Å²) in [5.41, 5.74) is 9.07. The summed E-state index contributed by atoms with van der Waals surface area (Å²) >= 11 is 0. The minimum Gasteiger partial charge on any atom is -0.368 e. The van der Waals surface area contributed by atoms with Crippen molar-refractivity contribution in [1.82, 2.24) is 14.8 Å². The van der Waals surface area contributed by atoms with Crippen molar-refractivity contribution in [2.45, 2.75) is 13.8 Å². The first-order chi connectivity index (χ1) is 7.06. The van der Waals surface area contributed by atoms with Gasteiger partial charge in [0, 0.05) is 12.6 Å². The monoisotopic (exact) mass is 202 g/mol. The zero-order valence-corrected chi connectivity index (χ0v) is 9.15. The fourth-order valence-corrected chi connectivity index (χ4v) is 1.62. The number of aromatic nitrogens is 3. The van der Waals surface area contributed by atoms with Gasteiger partial charge in [-0.3, -0.25) is 0 Å². The van der Waals surface area contributed by atoms with Crippen LogP contribution in [-0.4, -0.2) is 14.8 Å². The summed E-state index contributed by atoms with van der Waals surface area (Å²) in [6.45, 7) is 4.12. The van der Waals surface area contributed by atoms with Crippen LogP contribution in [0, 0.1) is 13.8 Å². The van der Waals surface area contributed by atoms with E-state index in [0.29, 0.717) is 11.8 Å². The van der Waals surface area contributed by atoms with E-state index < -0.39 is 0 Å². The average molecular weight is 202 g/mol. The van der Waals surface area contributed by atoms with Gasteiger partial charge in [0.05, 0.1) is 0 Å². The van der Waals surface area contributed by atoms with Crippen LogP contribution in [0.15, 0.2) is 18.2 Å². The SMILES string of the molecule is Cc1cc(C)cc(-c2nc(N)n(C)n2)c1. The van der Waals surface area contributed by atoms with E-state index >= 15 is 0 Å². The van der Waals surface area contributed by atoms with Gasteiger partial charge in [-0.2, -0.15) is 4.98 Å². The Labute approximate surface area is 88.8 Å². The summed E-state index contributed by atoms with van der Waals surface area (Å²) in [5, 5.41) is 4.24. The van der Waals surface area contributed by atoms with E-state index in [2.05, 4.69) is 42.1 Å². The third-order valence-corrected chi connectivity index (χ3v) is 2.28. The van der Waals surface area contributed by atoms with Gasteiger partial charge in [-0.25, -0.2) is 4.68 Å². The van der Waals surface area contributed by atoms with Gasteiger partial charge >= 0.3 is 0 Å². The van der Waals surface area contributed by atoms with Crippen LogP contribution in [0.3, 0.4) is 0 Å². The maximum Gasteiger partial charge on any atom is 0.218 e. The van der Waals surface area contributed by atoms with Gasteiger partial charge in [0.15, 0.2) is 5.82 Å². The Morgan fingerprint density at radius 3 is 2.20 bits per heavy atom. The van der Waals surface area contributed by atoms with Gasteiger partial charge in [-0.1, -0.05) is 17.2 Å². The van der Waals surface area contributed by atoms with Crippen LogP contribution in [-0.2, 0) is 7.05 Å². The lowest BCUT2D eigenvalue weighted by atomic mass is 10.1. The highest BCUT2D eigenvalue weighted by Crippen LogP contribution is 2.19. The van der Waals surface area contributed by atoms with Crippen molar-refractivity contribution in [3.8, 4) is 11.4 Å². The summed E-state index contributed by atoms with van der Waals surface area (Å²) in [4.78, 5) is 4.19. The number of aryl methyl sites for hydroxylation is 3. The zero-order valence-electron chi connectivity index (χ0n) is 9.15. The van der Waals surface area contributed by atoms with Gasteiger partial charge in [0.25, 0.3) is 0 Å². The lowest BCUT2D eigenvalue weighted by molar-refractivity contribution is 0.781. The van der Waals surface area contributed by atoms with E-state index in [0.717, 1.165) is 5.56 Å². The van der Waals surface area contributed by atoms with Crippen molar-refractivity contribution >= 4 is 5.95 Å². The van der Waals surface area contributed by atoms with Gasteiger partial charge < -0.3 is 5.73 Å². The Bertz CT molecular complexity index is 460. The third-order valence-electron chi connectivity index (χ3n) is 2.28. The highest BCUT2D eigenvalue weighted by Gasteiger charge is 2.07. The number of anilines is 1. The first kappa shape index (κ1) is 9.71. The average Bonchev–Trinajstić information content (AvgIpc) is 2.45. The maximum atomic E-state index is 5.64. The standard InChI is InChI=1S/C11H14N4/c1-7-4-8(2)6-9(5-7)10-13-11(12)15(3)14-10/h4-6H,1-3H3,(H2,12,13,14). The number of nitrogens with zero attached hydrogens (tertiary/aromatic N) is 3. The Morgan fingerprint density at radius 1 is 1.13 bits per heavy atom. The van der Waals surface area contributed by atoms with Crippen molar-refractivity contribution in [2.75, 3.05) is 5.73 Å². The lowest BCUT2D eigenvalue weighted by Crippen LogP contribution is -1.97. The number of hydrogen-bond donors (Lipinski definition) is 1. The largest absolute Gasteiger partial charge is 0.368 e. The maximum absolute atomic E-state index is 5.64. The van der Waals surface area contributed by atoms with Crippen LogP contribution < -0.4 is 5.73 Å². The third kappa shape index (κ3) is 1.83. The fraction of sp³-hybridized carbons (Fsp3) is 0.273. The zero-order chi connectivity index (χ0) is 11.0. The van der Waals surface area contributed by atoms with Crippen molar-refractivity contribution in [3.05, 3.63) is 29.3 Å². The van der Waals surface area contributed by atoms with Crippen LogP contribution in [0.4, 0.5) is 5.95 Å². The molecule has 2 N–H and O–H groups in total. The van der Waals surface area contributed by atoms with Crippen molar-refractivity contribution in [3.63, 3.8) is 0 Å². The van der Waals surface area contributed by atoms with Crippen LogP contribution in [0.25, 0.3) is 11.4 Å². The molecule has 15 heavy (non-hydrogen) atoms. The molecule has 1 aromatic heterocycles. The summed E-state index contributed by atoms with van der Waals surface area (Å²) in [7, 11) is 1.79. The first-order valence-corrected chi connectivity index (χ1v) is 4.81. The number of rotatable bonds is 1. The molecule has 0 saturated carbocycles. The Morgan fingerprint density at radius 2 is 1.73 bits per heavy atom. The second-order valence-corrected chi connectivity index (χ2v) is 3.79. The van der Waals surface area contributed by atoms with Crippen LogP contribution >= 0.6 is 0 Å². The highest BCUT2D eigenvalue weighted by atomic mass is 15.4. The van der Waals surface area contributed by atoms with E-state index in [-0.39, 0.29) is 0 Å². The first-order valence-electron chi connectivity index (χ1n) is 4.81. The molecule has 2 rings (SSSR count). The normalized spacial score (nSPS) is 10.6. The Kier molecular flexibility index (Phi) is 2.19. The minimum absolute atomic E-state index is 0.434. The molecule has 1 heterocycles. The Hall–Kier alpha value is -1.84. The molecule has 0 atom stereocenters. The van der Waals surface area contributed by atoms with Gasteiger partial charge in [0.1, 0.15) is 0 Å². The molecule has 0 fully saturated rings. The molecule has 0 amide bonds. The Balaban J connectivity index is 2.53. The number of nitrogens with two attached hydrogens (primary N) is 1. The molecule has 0 spiro atoms. The summed E-state index contributed by atoms with van der Waals surface area (Å²) in [5.74, 6) is 1.12. The molecular formula is C11H14N4. The predicted molar refractivity (Wildman–Crippen MR) is 60.3 cm³/mol. The van der Waals surface area contributed by atoms with Gasteiger partial charge in [-0.15, -0.1) is 5.10 Å². The van der Waals surface area contributed by atoms with E-state index in [1.54, 1.807) is 11.7 Å². The lowest BCUT2D eigenvalue weighted by Gasteiger charge is -2.00. The van der Waals surface area contributed by atoms with E-state index in [4.69, 9.17) is 5.73 Å². The smallest absolute Gasteiger partial charge is 0.218 e. The van der Waals surface area contributed by atoms with E-state index in [1.165, 1.54) is 11.1 Å². The van der Waals surface area contributed by atoms with Crippen molar-refractivity contribution in [2.24, 2.45) is 7.05 Å². The summed E-state index contributed by atoms with van der Waals surface area (Å²) in [6.07, 6.45) is 0. The van der Waals surface area contributed by atoms with Crippen LogP contribution in [0.1, 0.15) is 11.1 Å². The second-order valence-electron chi connectivity index (χ2n) is 3.79. The van der Waals surface area contributed by atoms with Gasteiger partial charge in [0.2, 0.25) is 5.95 Å². The van der Waals surface area contributed by atoms with E-state index in [1.807, 2.05) is 0 Å². The minimum atomic E-state index is 0.434. The van der Waals surface area contributed by atoms with Gasteiger partial charge in [-0.05, 0) is 26.0 Å². The van der Waals surface area contributed by atoms with Crippen LogP contribution in [0.2, 0.25) is 0 Å². The molecule has 1 aromatic carbocycles. The van der Waals surface area contributed by atoms with Crippen LogP contribution in [0.5, 0.6) is 0 Å². The number of benzene rings is 1. The molecule has 2 aromatic rings. The van der Waals surface area contributed by atoms with Crippen molar-refractivity contribution < 1.29 is 0 Å². The number of nitrogen functional groups attached to an aromatic ring is 1. The molecular weight excluding hydrogens is 188 g/mol. The van der Waals surface area contributed by atoms with E-state index in [9.17, 15) is 0 Å². The highest BCUT2D eigenvalue weighted by molar-refractivity contribution is 5.58. The topological polar surface area (TPSA) is 56.7 Å². The summed E-state index contributed by atoms with van der Waals surface area (Å²) < 4.78 is 1.58. The molecule has 0 saturated heterocycles. The number of hydrogen-bond acceptors (Lipinski definition) is 3. The molecule has 0 aliphatic rings. The fourth-order valence-electron chi connectivity index (χ4n) is 1.62. The predicted octanol–water partition coefficient (Wildman–Crippen LogP) is 1.68. The molecule has 78 valence electrons.